The maximum Gasteiger partial charge on any atom is 0.235 e. The third-order valence-electron chi connectivity index (χ3n) is 2.93. The van der Waals surface area contributed by atoms with Gasteiger partial charge in [-0.05, 0) is 42.9 Å². The van der Waals surface area contributed by atoms with Gasteiger partial charge in [-0.1, -0.05) is 6.07 Å². The van der Waals surface area contributed by atoms with Gasteiger partial charge in [0.2, 0.25) is 6.08 Å². The highest BCUT2D eigenvalue weighted by Gasteiger charge is 2.15. The summed E-state index contributed by atoms with van der Waals surface area (Å²) in [4.78, 5) is 13.6. The highest BCUT2D eigenvalue weighted by Crippen LogP contribution is 2.30. The lowest BCUT2D eigenvalue weighted by Crippen LogP contribution is -2.06. The number of isocyanates is 1. The zero-order valence-corrected chi connectivity index (χ0v) is 8.49. The first-order valence-corrected chi connectivity index (χ1v) is 5.19. The number of hydrogen-bond donors (Lipinski definition) is 1. The van der Waals surface area contributed by atoms with Gasteiger partial charge in [0.05, 0.1) is 6.54 Å². The van der Waals surface area contributed by atoms with Crippen LogP contribution in [-0.2, 0) is 24.2 Å². The number of benzene rings is 1. The molecule has 3 heteroatoms. The summed E-state index contributed by atoms with van der Waals surface area (Å²) in [5, 5.41) is 9.70. The molecule has 0 spiro atoms. The SMILES string of the molecule is O=C=NCc1c(O)ccc2c1CCCC2. The van der Waals surface area contributed by atoms with Crippen molar-refractivity contribution in [1.82, 2.24) is 0 Å². The minimum Gasteiger partial charge on any atom is -0.508 e. The van der Waals surface area contributed by atoms with Crippen LogP contribution in [0.4, 0.5) is 0 Å². The quantitative estimate of drug-likeness (QED) is 0.591. The number of carbonyl (C=O) groups excluding carboxylic acids is 1. The zero-order valence-electron chi connectivity index (χ0n) is 8.49. The molecule has 0 radical (unpaired) electrons. The summed E-state index contributed by atoms with van der Waals surface area (Å²) >= 11 is 0. The number of rotatable bonds is 2. The predicted octanol–water partition coefficient (Wildman–Crippen LogP) is 2.11. The van der Waals surface area contributed by atoms with E-state index in [0.717, 1.165) is 24.8 Å². The van der Waals surface area contributed by atoms with Gasteiger partial charge in [0, 0.05) is 5.56 Å². The van der Waals surface area contributed by atoms with Crippen LogP contribution in [0, 0.1) is 0 Å². The number of aliphatic imine (C=N–C) groups is 1. The molecule has 3 nitrogen and oxygen atoms in total. The fourth-order valence-corrected chi connectivity index (χ4v) is 2.18. The smallest absolute Gasteiger partial charge is 0.235 e. The second-order valence-corrected chi connectivity index (χ2v) is 3.82. The molecule has 1 aromatic rings. The molecule has 0 unspecified atom stereocenters. The van der Waals surface area contributed by atoms with Gasteiger partial charge in [0.25, 0.3) is 0 Å². The van der Waals surface area contributed by atoms with E-state index in [9.17, 15) is 9.90 Å². The molecule has 0 saturated heterocycles. The highest BCUT2D eigenvalue weighted by atomic mass is 16.3. The van der Waals surface area contributed by atoms with E-state index in [0.29, 0.717) is 0 Å². The van der Waals surface area contributed by atoms with Crippen molar-refractivity contribution in [3.63, 3.8) is 0 Å². The molecule has 78 valence electrons. The number of phenolic OH excluding ortho intramolecular Hbond substituents is 1. The average Bonchev–Trinajstić information content (AvgIpc) is 2.28. The van der Waals surface area contributed by atoms with Gasteiger partial charge in [0.15, 0.2) is 0 Å². The first-order chi connectivity index (χ1) is 7.33. The number of fused-ring (bicyclic) bond motifs is 1. The standard InChI is InChI=1S/C12H13NO2/c14-8-13-7-11-10-4-2-1-3-9(10)5-6-12(11)15/h5-6,15H,1-4,7H2. The molecule has 0 atom stereocenters. The third kappa shape index (κ3) is 1.92. The molecule has 1 N–H and O–H groups in total. The third-order valence-corrected chi connectivity index (χ3v) is 2.93. The van der Waals surface area contributed by atoms with Crippen molar-refractivity contribution >= 4 is 6.08 Å². The van der Waals surface area contributed by atoms with Gasteiger partial charge in [-0.2, -0.15) is 0 Å². The molecule has 0 saturated carbocycles. The van der Waals surface area contributed by atoms with Crippen molar-refractivity contribution in [2.75, 3.05) is 0 Å². The Balaban J connectivity index is 2.44. The number of phenols is 1. The Morgan fingerprint density at radius 1 is 1.33 bits per heavy atom. The summed E-state index contributed by atoms with van der Waals surface area (Å²) in [7, 11) is 0. The summed E-state index contributed by atoms with van der Waals surface area (Å²) in [6.45, 7) is 0.249. The maximum atomic E-state index is 10.1. The van der Waals surface area contributed by atoms with Crippen molar-refractivity contribution in [2.24, 2.45) is 4.99 Å². The Kier molecular flexibility index (Phi) is 2.84. The summed E-state index contributed by atoms with van der Waals surface area (Å²) in [5.74, 6) is 0.245. The molecule has 0 bridgehead atoms. The van der Waals surface area contributed by atoms with Gasteiger partial charge in [-0.25, -0.2) is 9.79 Å². The van der Waals surface area contributed by atoms with Crippen LogP contribution in [0.5, 0.6) is 5.75 Å². The first kappa shape index (κ1) is 9.94. The Labute approximate surface area is 88.5 Å². The topological polar surface area (TPSA) is 49.7 Å². The van der Waals surface area contributed by atoms with Crippen LogP contribution in [0.15, 0.2) is 17.1 Å². The summed E-state index contributed by atoms with van der Waals surface area (Å²) in [5.41, 5.74) is 3.27. The molecule has 15 heavy (non-hydrogen) atoms. The first-order valence-electron chi connectivity index (χ1n) is 5.19. The van der Waals surface area contributed by atoms with Crippen molar-refractivity contribution in [2.45, 2.75) is 32.2 Å². The largest absolute Gasteiger partial charge is 0.508 e. The Morgan fingerprint density at radius 2 is 2.13 bits per heavy atom. The van der Waals surface area contributed by atoms with Crippen molar-refractivity contribution in [3.05, 3.63) is 28.8 Å². The summed E-state index contributed by atoms with van der Waals surface area (Å²) in [6.07, 6.45) is 5.91. The lowest BCUT2D eigenvalue weighted by atomic mass is 9.88. The summed E-state index contributed by atoms with van der Waals surface area (Å²) in [6, 6.07) is 3.66. The molecule has 0 aliphatic heterocycles. The molecule has 0 heterocycles. The molecule has 1 aliphatic rings. The van der Waals surface area contributed by atoms with Crippen LogP contribution in [0.3, 0.4) is 0 Å². The average molecular weight is 203 g/mol. The molecule has 2 rings (SSSR count). The lowest BCUT2D eigenvalue weighted by Gasteiger charge is -2.19. The van der Waals surface area contributed by atoms with Gasteiger partial charge < -0.3 is 5.11 Å². The lowest BCUT2D eigenvalue weighted by molar-refractivity contribution is 0.465. The molecule has 0 amide bonds. The number of nitrogens with zero attached hydrogens (tertiary/aromatic N) is 1. The highest BCUT2D eigenvalue weighted by molar-refractivity contribution is 5.46. The van der Waals surface area contributed by atoms with E-state index in [2.05, 4.69) is 4.99 Å². The normalized spacial score (nSPS) is 14.1. The van der Waals surface area contributed by atoms with Gasteiger partial charge >= 0.3 is 0 Å². The fourth-order valence-electron chi connectivity index (χ4n) is 2.18. The monoisotopic (exact) mass is 203 g/mol. The van der Waals surface area contributed by atoms with Crippen LogP contribution < -0.4 is 0 Å². The molecule has 1 aliphatic carbocycles. The van der Waals surface area contributed by atoms with Crippen LogP contribution in [0.1, 0.15) is 29.5 Å². The molecule has 0 aromatic heterocycles. The number of hydrogen-bond acceptors (Lipinski definition) is 3. The van der Waals surface area contributed by atoms with Crippen LogP contribution >= 0.6 is 0 Å². The van der Waals surface area contributed by atoms with E-state index < -0.39 is 0 Å². The van der Waals surface area contributed by atoms with Crippen LogP contribution in [-0.4, -0.2) is 11.2 Å². The van der Waals surface area contributed by atoms with Crippen molar-refractivity contribution in [1.29, 1.82) is 0 Å². The maximum absolute atomic E-state index is 10.1. The second-order valence-electron chi connectivity index (χ2n) is 3.82. The number of aromatic hydroxyl groups is 1. The summed E-state index contributed by atoms with van der Waals surface area (Å²) < 4.78 is 0. The minimum absolute atomic E-state index is 0.245. The van der Waals surface area contributed by atoms with E-state index in [1.54, 1.807) is 6.07 Å². The van der Waals surface area contributed by atoms with Gasteiger partial charge in [-0.3, -0.25) is 0 Å². The van der Waals surface area contributed by atoms with E-state index >= 15 is 0 Å². The predicted molar refractivity (Wildman–Crippen MR) is 56.6 cm³/mol. The van der Waals surface area contributed by atoms with Crippen LogP contribution in [0.2, 0.25) is 0 Å². The van der Waals surface area contributed by atoms with Crippen molar-refractivity contribution < 1.29 is 9.90 Å². The molecule has 0 fully saturated rings. The van der Waals surface area contributed by atoms with Crippen molar-refractivity contribution in [3.8, 4) is 5.75 Å². The number of aryl methyl sites for hydroxylation is 1. The Bertz CT molecular complexity index is 420. The Hall–Kier alpha value is -1.60. The molecule has 1 aromatic carbocycles. The van der Waals surface area contributed by atoms with E-state index in [4.69, 9.17) is 0 Å². The van der Waals surface area contributed by atoms with E-state index in [1.165, 1.54) is 23.6 Å². The zero-order chi connectivity index (χ0) is 10.7. The van der Waals surface area contributed by atoms with Gasteiger partial charge in [-0.15, -0.1) is 0 Å². The van der Waals surface area contributed by atoms with E-state index in [1.807, 2.05) is 6.07 Å². The molecular formula is C12H13NO2. The van der Waals surface area contributed by atoms with Crippen LogP contribution in [0.25, 0.3) is 0 Å². The fraction of sp³-hybridized carbons (Fsp3) is 0.417. The Morgan fingerprint density at radius 3 is 2.93 bits per heavy atom. The molecular weight excluding hydrogens is 190 g/mol. The second kappa shape index (κ2) is 4.28. The van der Waals surface area contributed by atoms with E-state index in [-0.39, 0.29) is 12.3 Å². The minimum atomic E-state index is 0.245. The van der Waals surface area contributed by atoms with Gasteiger partial charge in [0.1, 0.15) is 5.75 Å².